The average Bonchev–Trinajstić information content (AvgIpc) is 3.15. The zero-order chi connectivity index (χ0) is 27.8. The second kappa shape index (κ2) is 10.5. The lowest BCUT2D eigenvalue weighted by atomic mass is 9.84. The molecule has 0 saturated carbocycles. The molecule has 0 aromatic heterocycles. The maximum atomic E-state index is 15.4. The summed E-state index contributed by atoms with van der Waals surface area (Å²) in [6, 6.07) is 5.10. The number of fused-ring (bicyclic) bond motifs is 2. The van der Waals surface area contributed by atoms with Gasteiger partial charge in [0.1, 0.15) is 24.7 Å². The molecule has 0 unspecified atom stereocenters. The number of nitrogens with one attached hydrogen (secondary N) is 1. The molecular weight excluding hydrogens is 493 g/mol. The number of hydrogen-bond donors (Lipinski definition) is 2. The first-order valence-corrected chi connectivity index (χ1v) is 12.7. The predicted molar refractivity (Wildman–Crippen MR) is 141 cm³/mol. The van der Waals surface area contributed by atoms with Crippen LogP contribution in [-0.4, -0.2) is 67.0 Å². The molecule has 0 aliphatic carbocycles. The fraction of sp³-hybridized carbons (Fsp3) is 0.464. The first-order valence-electron chi connectivity index (χ1n) is 12.7. The molecule has 2 heterocycles. The van der Waals surface area contributed by atoms with E-state index in [4.69, 9.17) is 19.6 Å². The first kappa shape index (κ1) is 27.2. The Kier molecular flexibility index (Phi) is 7.53. The quantitative estimate of drug-likeness (QED) is 0.466. The molecule has 2 aliphatic heterocycles. The number of Topliss-reactive ketones (excluding diaryl/α,β-unsaturated/α-hetero) is 1. The van der Waals surface area contributed by atoms with E-state index in [0.717, 1.165) is 5.56 Å². The highest BCUT2D eigenvalue weighted by Crippen LogP contribution is 2.43. The molecule has 0 saturated heterocycles. The number of aliphatic carboxylic acids is 1. The number of ether oxygens (including phenoxy) is 3. The number of anilines is 1. The zero-order valence-corrected chi connectivity index (χ0v) is 22.4. The minimum atomic E-state index is -0.977. The molecule has 10 heteroatoms. The molecule has 38 heavy (non-hydrogen) atoms. The highest BCUT2D eigenvalue weighted by atomic mass is 19.1. The van der Waals surface area contributed by atoms with E-state index >= 15 is 4.39 Å². The Balaban J connectivity index is 1.67. The number of halogens is 1. The van der Waals surface area contributed by atoms with E-state index in [0.29, 0.717) is 42.3 Å². The Labute approximate surface area is 221 Å². The topological polar surface area (TPSA) is 112 Å². The zero-order valence-electron chi connectivity index (χ0n) is 22.4. The van der Waals surface area contributed by atoms with Gasteiger partial charge in [-0.05, 0) is 43.0 Å². The normalized spacial score (nSPS) is 14.6. The summed E-state index contributed by atoms with van der Waals surface area (Å²) in [6.07, 6.45) is 0. The summed E-state index contributed by atoms with van der Waals surface area (Å²) in [5.41, 5.74) is 2.01. The number of ketones is 1. The van der Waals surface area contributed by atoms with Crippen LogP contribution < -0.4 is 19.1 Å². The second-order valence-electron chi connectivity index (χ2n) is 10.3. The molecule has 2 aromatic carbocycles. The molecule has 4 rings (SSSR count). The number of carboxylic acid groups (broad SMARTS) is 1. The van der Waals surface area contributed by atoms with Crippen molar-refractivity contribution in [2.24, 2.45) is 0 Å². The summed E-state index contributed by atoms with van der Waals surface area (Å²) in [4.78, 5) is 28.3. The van der Waals surface area contributed by atoms with Crippen molar-refractivity contribution in [1.82, 2.24) is 4.90 Å². The highest BCUT2D eigenvalue weighted by Gasteiger charge is 2.34. The first-order chi connectivity index (χ1) is 18.0. The van der Waals surface area contributed by atoms with Crippen LogP contribution in [0.25, 0.3) is 0 Å². The molecule has 0 spiro atoms. The number of carbonyl (C=O) groups excluding carboxylic acids is 1. The number of carboxylic acids is 1. The van der Waals surface area contributed by atoms with Gasteiger partial charge in [-0.1, -0.05) is 20.8 Å². The van der Waals surface area contributed by atoms with Crippen LogP contribution in [0, 0.1) is 11.2 Å². The molecule has 9 nitrogen and oxygen atoms in total. The van der Waals surface area contributed by atoms with E-state index in [1.165, 1.54) is 4.90 Å². The van der Waals surface area contributed by atoms with Gasteiger partial charge >= 0.3 is 5.97 Å². The fourth-order valence-electron chi connectivity index (χ4n) is 4.85. The summed E-state index contributed by atoms with van der Waals surface area (Å²) in [6.45, 7) is 10.6. The minimum absolute atomic E-state index is 0.0333. The number of carbonyl (C=O) groups is 2. The number of nitrogens with zero attached hydrogens (tertiary/aromatic N) is 2. The van der Waals surface area contributed by atoms with Gasteiger partial charge in [0, 0.05) is 17.7 Å². The SMILES string of the molecule is CCOc1cc2c(c(F)c1OCC)C(=N)N(CC(=O)c1cc3c(c(C(C)(C)C)c1)OCCN3CC(=O)O)C2. The standard InChI is InChI=1S/C28H34FN3O6/c1-6-36-21-12-17-13-32(27(30)23(17)24(29)26(21)37-7-2)14-20(33)16-10-18(28(3,4)5)25-19(11-16)31(8-9-38-25)15-22(34)35/h10-12,30H,6-9,13-15H2,1-5H3,(H,34,35). The van der Waals surface area contributed by atoms with Crippen LogP contribution in [0.4, 0.5) is 10.1 Å². The van der Waals surface area contributed by atoms with Gasteiger partial charge in [0.15, 0.2) is 23.1 Å². The van der Waals surface area contributed by atoms with Crippen LogP contribution in [0.5, 0.6) is 17.2 Å². The van der Waals surface area contributed by atoms with Crippen LogP contribution in [0.1, 0.15) is 61.7 Å². The van der Waals surface area contributed by atoms with Gasteiger partial charge in [-0.25, -0.2) is 4.39 Å². The van der Waals surface area contributed by atoms with Gasteiger partial charge in [-0.15, -0.1) is 0 Å². The number of benzene rings is 2. The summed E-state index contributed by atoms with van der Waals surface area (Å²) in [5, 5.41) is 18.0. The van der Waals surface area contributed by atoms with Crippen molar-refractivity contribution in [3.05, 3.63) is 46.3 Å². The molecule has 0 fully saturated rings. The van der Waals surface area contributed by atoms with Crippen LogP contribution in [-0.2, 0) is 16.8 Å². The van der Waals surface area contributed by atoms with Crippen molar-refractivity contribution >= 4 is 23.3 Å². The minimum Gasteiger partial charge on any atom is -0.490 e. The Morgan fingerprint density at radius 1 is 1.11 bits per heavy atom. The number of amidine groups is 1. The van der Waals surface area contributed by atoms with Crippen LogP contribution >= 0.6 is 0 Å². The largest absolute Gasteiger partial charge is 0.490 e. The van der Waals surface area contributed by atoms with E-state index < -0.39 is 11.8 Å². The van der Waals surface area contributed by atoms with Gasteiger partial charge in [0.25, 0.3) is 0 Å². The lowest BCUT2D eigenvalue weighted by Crippen LogP contribution is -2.38. The molecule has 204 valence electrons. The summed E-state index contributed by atoms with van der Waals surface area (Å²) < 4.78 is 32.4. The van der Waals surface area contributed by atoms with Crippen molar-refractivity contribution < 1.29 is 33.3 Å². The second-order valence-corrected chi connectivity index (χ2v) is 10.3. The van der Waals surface area contributed by atoms with E-state index in [1.807, 2.05) is 20.8 Å². The van der Waals surface area contributed by atoms with Gasteiger partial charge in [-0.2, -0.15) is 0 Å². The number of hydrogen-bond acceptors (Lipinski definition) is 7. The summed E-state index contributed by atoms with van der Waals surface area (Å²) in [7, 11) is 0. The predicted octanol–water partition coefficient (Wildman–Crippen LogP) is 4.23. The van der Waals surface area contributed by atoms with Crippen molar-refractivity contribution in [2.75, 3.05) is 44.4 Å². The average molecular weight is 528 g/mol. The third-order valence-electron chi connectivity index (χ3n) is 6.58. The van der Waals surface area contributed by atoms with Gasteiger partial charge < -0.3 is 29.1 Å². The van der Waals surface area contributed by atoms with Gasteiger partial charge in [0.05, 0.1) is 37.6 Å². The maximum absolute atomic E-state index is 15.4. The molecular formula is C28H34FN3O6. The highest BCUT2D eigenvalue weighted by molar-refractivity contribution is 6.06. The van der Waals surface area contributed by atoms with E-state index in [1.54, 1.807) is 36.9 Å². The molecule has 0 bridgehead atoms. The van der Waals surface area contributed by atoms with Crippen LogP contribution in [0.3, 0.4) is 0 Å². The summed E-state index contributed by atoms with van der Waals surface area (Å²) in [5.74, 6) is -1.19. The van der Waals surface area contributed by atoms with Gasteiger partial charge in [0.2, 0.25) is 0 Å². The molecule has 0 radical (unpaired) electrons. The third kappa shape index (κ3) is 5.12. The monoisotopic (exact) mass is 527 g/mol. The van der Waals surface area contributed by atoms with Crippen LogP contribution in [0.15, 0.2) is 18.2 Å². The maximum Gasteiger partial charge on any atom is 0.323 e. The molecule has 0 atom stereocenters. The Morgan fingerprint density at radius 3 is 2.45 bits per heavy atom. The molecule has 2 N–H and O–H groups in total. The molecule has 2 aromatic rings. The third-order valence-corrected chi connectivity index (χ3v) is 6.58. The lowest BCUT2D eigenvalue weighted by molar-refractivity contribution is -0.135. The number of rotatable bonds is 9. The summed E-state index contributed by atoms with van der Waals surface area (Å²) >= 11 is 0. The van der Waals surface area contributed by atoms with Crippen LogP contribution in [0.2, 0.25) is 0 Å². The Bertz CT molecular complexity index is 1290. The van der Waals surface area contributed by atoms with Crippen molar-refractivity contribution in [3.8, 4) is 17.2 Å². The van der Waals surface area contributed by atoms with E-state index in [-0.39, 0.29) is 60.3 Å². The van der Waals surface area contributed by atoms with Gasteiger partial charge in [-0.3, -0.25) is 15.0 Å². The Hall–Kier alpha value is -3.82. The van der Waals surface area contributed by atoms with Crippen molar-refractivity contribution in [2.45, 2.75) is 46.6 Å². The van der Waals surface area contributed by atoms with E-state index in [2.05, 4.69) is 0 Å². The van der Waals surface area contributed by atoms with Crippen molar-refractivity contribution in [1.29, 1.82) is 5.41 Å². The van der Waals surface area contributed by atoms with E-state index in [9.17, 15) is 14.7 Å². The Morgan fingerprint density at radius 2 is 1.82 bits per heavy atom. The smallest absolute Gasteiger partial charge is 0.323 e. The molecule has 2 aliphatic rings. The molecule has 0 amide bonds. The fourth-order valence-corrected chi connectivity index (χ4v) is 4.85. The van der Waals surface area contributed by atoms with Crippen molar-refractivity contribution in [3.63, 3.8) is 0 Å². The lowest BCUT2D eigenvalue weighted by Gasteiger charge is -2.34.